The molecule has 1 fully saturated rings. The van der Waals surface area contributed by atoms with Crippen LogP contribution in [0, 0.1) is 5.92 Å². The van der Waals surface area contributed by atoms with E-state index >= 15 is 0 Å². The van der Waals surface area contributed by atoms with E-state index in [1.807, 2.05) is 47.6 Å². The van der Waals surface area contributed by atoms with Gasteiger partial charge in [0.1, 0.15) is 11.8 Å². The molecule has 0 bridgehead atoms. The van der Waals surface area contributed by atoms with Crippen molar-refractivity contribution in [2.75, 3.05) is 14.2 Å². The molecule has 1 heterocycles. The molecule has 7 nitrogen and oxygen atoms in total. The predicted molar refractivity (Wildman–Crippen MR) is 109 cm³/mol. The fourth-order valence-corrected chi connectivity index (χ4v) is 3.80. The summed E-state index contributed by atoms with van der Waals surface area (Å²) in [6.45, 7) is 12.9. The van der Waals surface area contributed by atoms with Crippen molar-refractivity contribution in [2.24, 2.45) is 5.92 Å². The Labute approximate surface area is 169 Å². The van der Waals surface area contributed by atoms with Crippen molar-refractivity contribution in [1.82, 2.24) is 10.2 Å². The van der Waals surface area contributed by atoms with E-state index in [9.17, 15) is 9.59 Å². The number of nitrogens with zero attached hydrogens (tertiary/aromatic N) is 1. The summed E-state index contributed by atoms with van der Waals surface area (Å²) in [6.07, 6.45) is 4.39. The lowest BCUT2D eigenvalue weighted by Crippen LogP contribution is -2.64. The minimum Gasteiger partial charge on any atom is -0.444 e. The maximum absolute atomic E-state index is 13.1. The van der Waals surface area contributed by atoms with Crippen LogP contribution in [0.1, 0.15) is 61.3 Å². The first kappa shape index (κ1) is 24.4. The minimum atomic E-state index is -0.668. The van der Waals surface area contributed by atoms with E-state index < -0.39 is 29.6 Å². The number of ether oxygens (including phenoxy) is 3. The number of carbonyl (C=O) groups is 2. The topological polar surface area (TPSA) is 77.1 Å². The van der Waals surface area contributed by atoms with E-state index in [-0.39, 0.29) is 17.9 Å². The highest BCUT2D eigenvalue weighted by atomic mass is 16.6. The predicted octanol–water partition coefficient (Wildman–Crippen LogP) is 3.48. The van der Waals surface area contributed by atoms with Gasteiger partial charge in [0.25, 0.3) is 0 Å². The lowest BCUT2D eigenvalue weighted by molar-refractivity contribution is -0.126. The molecule has 0 aromatic rings. The van der Waals surface area contributed by atoms with Crippen molar-refractivity contribution in [3.63, 3.8) is 0 Å². The molecule has 0 radical (unpaired) electrons. The molecular weight excluding hydrogens is 360 g/mol. The first-order valence-corrected chi connectivity index (χ1v) is 9.93. The number of nitrogens with one attached hydrogen (secondary N) is 1. The van der Waals surface area contributed by atoms with Crippen LogP contribution in [0.4, 0.5) is 4.79 Å². The van der Waals surface area contributed by atoms with Gasteiger partial charge in [0.2, 0.25) is 5.91 Å². The molecular formula is C21H38N2O5. The van der Waals surface area contributed by atoms with Gasteiger partial charge in [-0.1, -0.05) is 19.1 Å². The molecule has 5 atom stereocenters. The second kappa shape index (κ2) is 9.74. The first-order chi connectivity index (χ1) is 12.9. The Balaban J connectivity index is 3.50. The Bertz CT molecular complexity index is 566. The standard InChI is InChI=1S/C21H38N2O5/c1-10-12-15-13-16(26-8)23(19(25)28-20(4,5)6)17(15)18(22-14(3)24)21(7,11-2)27-9/h10,12,15-18H,11,13H2,1-9H3,(H,22,24)/b12-10+/t15-,16?,17-,18-,21+/m1/s1. The van der Waals surface area contributed by atoms with E-state index in [2.05, 4.69) is 11.4 Å². The lowest BCUT2D eigenvalue weighted by atomic mass is 9.81. The van der Waals surface area contributed by atoms with Gasteiger partial charge in [-0.15, -0.1) is 0 Å². The second-order valence-corrected chi connectivity index (χ2v) is 8.54. The highest BCUT2D eigenvalue weighted by Gasteiger charge is 2.53. The highest BCUT2D eigenvalue weighted by molar-refractivity contribution is 5.74. The Morgan fingerprint density at radius 3 is 2.25 bits per heavy atom. The Morgan fingerprint density at radius 1 is 1.25 bits per heavy atom. The van der Waals surface area contributed by atoms with Gasteiger partial charge < -0.3 is 19.5 Å². The van der Waals surface area contributed by atoms with Gasteiger partial charge in [-0.2, -0.15) is 0 Å². The van der Waals surface area contributed by atoms with Crippen LogP contribution in [-0.2, 0) is 19.0 Å². The number of carbonyl (C=O) groups excluding carboxylic acids is 2. The number of amides is 2. The summed E-state index contributed by atoms with van der Waals surface area (Å²) >= 11 is 0. The van der Waals surface area contributed by atoms with Gasteiger partial charge in [-0.05, 0) is 41.0 Å². The van der Waals surface area contributed by atoms with Gasteiger partial charge in [0.05, 0.1) is 17.7 Å². The van der Waals surface area contributed by atoms with Crippen LogP contribution in [-0.4, -0.2) is 60.6 Å². The molecule has 0 aromatic carbocycles. The molecule has 0 spiro atoms. The number of methoxy groups -OCH3 is 2. The zero-order valence-corrected chi connectivity index (χ0v) is 18.9. The fourth-order valence-electron chi connectivity index (χ4n) is 3.80. The smallest absolute Gasteiger partial charge is 0.412 e. The first-order valence-electron chi connectivity index (χ1n) is 9.93. The summed E-state index contributed by atoms with van der Waals surface area (Å²) in [4.78, 5) is 26.8. The fraction of sp³-hybridized carbons (Fsp3) is 0.810. The summed E-state index contributed by atoms with van der Waals surface area (Å²) in [7, 11) is 3.21. The van der Waals surface area contributed by atoms with E-state index in [4.69, 9.17) is 14.2 Å². The molecule has 1 unspecified atom stereocenters. The van der Waals surface area contributed by atoms with Crippen molar-refractivity contribution in [3.05, 3.63) is 12.2 Å². The third-order valence-corrected chi connectivity index (χ3v) is 5.39. The monoisotopic (exact) mass is 398 g/mol. The van der Waals surface area contributed by atoms with E-state index in [1.54, 1.807) is 19.1 Å². The Kier molecular flexibility index (Phi) is 8.50. The SMILES string of the molecule is C/C=C/[C@@H]1CC(OC)N(C(=O)OC(C)(C)C)[C@H]1[C@@H](NC(C)=O)[C@](C)(CC)OC. The van der Waals surface area contributed by atoms with Crippen molar-refractivity contribution >= 4 is 12.0 Å². The number of hydrogen-bond donors (Lipinski definition) is 1. The molecule has 1 saturated heterocycles. The van der Waals surface area contributed by atoms with E-state index in [0.29, 0.717) is 12.8 Å². The molecule has 0 saturated carbocycles. The van der Waals surface area contributed by atoms with Crippen LogP contribution in [0.3, 0.4) is 0 Å². The summed E-state index contributed by atoms with van der Waals surface area (Å²) in [5.41, 5.74) is -1.31. The molecule has 7 heteroatoms. The molecule has 2 amide bonds. The molecule has 1 aliphatic rings. The number of hydrogen-bond acceptors (Lipinski definition) is 5. The van der Waals surface area contributed by atoms with Crippen LogP contribution in [0.5, 0.6) is 0 Å². The van der Waals surface area contributed by atoms with Gasteiger partial charge in [-0.3, -0.25) is 9.69 Å². The highest BCUT2D eigenvalue weighted by Crippen LogP contribution is 2.39. The molecule has 1 rings (SSSR count). The summed E-state index contributed by atoms with van der Waals surface area (Å²) in [5.74, 6) is -0.189. The van der Waals surface area contributed by atoms with Crippen LogP contribution in [0.25, 0.3) is 0 Å². The zero-order valence-electron chi connectivity index (χ0n) is 18.9. The largest absolute Gasteiger partial charge is 0.444 e. The lowest BCUT2D eigenvalue weighted by Gasteiger charge is -2.44. The van der Waals surface area contributed by atoms with Crippen molar-refractivity contribution in [1.29, 1.82) is 0 Å². The summed E-state index contributed by atoms with van der Waals surface area (Å²) in [5, 5.41) is 3.04. The molecule has 1 aliphatic heterocycles. The summed E-state index contributed by atoms with van der Waals surface area (Å²) < 4.78 is 17.1. The normalized spacial score (nSPS) is 26.2. The van der Waals surface area contributed by atoms with Crippen LogP contribution in [0.2, 0.25) is 0 Å². The maximum Gasteiger partial charge on any atom is 0.412 e. The number of likely N-dealkylation sites (tertiary alicyclic amines) is 1. The number of rotatable bonds is 7. The maximum atomic E-state index is 13.1. The van der Waals surface area contributed by atoms with Gasteiger partial charge >= 0.3 is 6.09 Å². The average Bonchev–Trinajstić information content (AvgIpc) is 2.96. The van der Waals surface area contributed by atoms with Gasteiger partial charge in [-0.25, -0.2) is 4.79 Å². The van der Waals surface area contributed by atoms with E-state index in [1.165, 1.54) is 6.92 Å². The summed E-state index contributed by atoms with van der Waals surface area (Å²) in [6, 6.07) is -0.807. The van der Waals surface area contributed by atoms with Crippen molar-refractivity contribution in [3.8, 4) is 0 Å². The minimum absolute atomic E-state index is 0.0136. The third kappa shape index (κ3) is 5.70. The van der Waals surface area contributed by atoms with E-state index in [0.717, 1.165) is 0 Å². The number of allylic oxidation sites excluding steroid dienone is 1. The molecule has 162 valence electrons. The Morgan fingerprint density at radius 2 is 1.86 bits per heavy atom. The van der Waals surface area contributed by atoms with Crippen LogP contribution < -0.4 is 5.32 Å². The molecule has 28 heavy (non-hydrogen) atoms. The quantitative estimate of drug-likeness (QED) is 0.665. The van der Waals surface area contributed by atoms with Crippen molar-refractivity contribution in [2.45, 2.75) is 90.8 Å². The molecule has 0 aliphatic carbocycles. The van der Waals surface area contributed by atoms with Gasteiger partial charge in [0, 0.05) is 33.5 Å². The zero-order chi connectivity index (χ0) is 21.7. The second-order valence-electron chi connectivity index (χ2n) is 8.54. The average molecular weight is 399 g/mol. The molecule has 0 aromatic heterocycles. The third-order valence-electron chi connectivity index (χ3n) is 5.39. The van der Waals surface area contributed by atoms with Crippen molar-refractivity contribution < 1.29 is 23.8 Å². The van der Waals surface area contributed by atoms with Crippen LogP contribution in [0.15, 0.2) is 12.2 Å². The molecule has 1 N–H and O–H groups in total. The Hall–Kier alpha value is -1.60. The van der Waals surface area contributed by atoms with Gasteiger partial charge in [0.15, 0.2) is 0 Å². The van der Waals surface area contributed by atoms with Crippen LogP contribution >= 0.6 is 0 Å².